The Labute approximate surface area is 127 Å². The first-order valence-corrected chi connectivity index (χ1v) is 7.99. The van der Waals surface area contributed by atoms with Gasteiger partial charge in [0, 0.05) is 17.1 Å². The van der Waals surface area contributed by atoms with E-state index in [1.807, 2.05) is 13.0 Å². The van der Waals surface area contributed by atoms with Crippen LogP contribution in [0.15, 0.2) is 12.1 Å². The van der Waals surface area contributed by atoms with Gasteiger partial charge in [-0.1, -0.05) is 38.3 Å². The summed E-state index contributed by atoms with van der Waals surface area (Å²) in [6.07, 6.45) is 5.18. The minimum atomic E-state index is 0.547. The molecule has 1 aliphatic rings. The van der Waals surface area contributed by atoms with Gasteiger partial charge < -0.3 is 10.1 Å². The lowest BCUT2D eigenvalue weighted by Crippen LogP contribution is -2.29. The van der Waals surface area contributed by atoms with Crippen molar-refractivity contribution in [3.63, 3.8) is 0 Å². The molecule has 1 saturated carbocycles. The average Bonchev–Trinajstić information content (AvgIpc) is 2.43. The number of hydrogen-bond donors (Lipinski definition) is 1. The van der Waals surface area contributed by atoms with Crippen LogP contribution in [0, 0.1) is 18.8 Å². The van der Waals surface area contributed by atoms with Gasteiger partial charge in [-0.3, -0.25) is 0 Å². The van der Waals surface area contributed by atoms with Crippen molar-refractivity contribution in [2.24, 2.45) is 11.8 Å². The number of methoxy groups -OCH3 is 1. The topological polar surface area (TPSA) is 21.3 Å². The van der Waals surface area contributed by atoms with Crippen molar-refractivity contribution in [2.45, 2.75) is 52.5 Å². The van der Waals surface area contributed by atoms with Crippen LogP contribution in [-0.2, 0) is 0 Å². The third-order valence-electron chi connectivity index (χ3n) is 4.50. The van der Waals surface area contributed by atoms with Crippen LogP contribution in [0.3, 0.4) is 0 Å². The molecule has 1 aromatic carbocycles. The summed E-state index contributed by atoms with van der Waals surface area (Å²) in [6, 6.07) is 4.55. The molecule has 2 atom stereocenters. The summed E-state index contributed by atoms with van der Waals surface area (Å²) in [5.74, 6) is 2.45. The van der Waals surface area contributed by atoms with Crippen LogP contribution < -0.4 is 10.1 Å². The standard InChI is InChI=1S/C17H26ClNO/c1-11(2)13-6-5-7-14(9-13)19-16-8-12(3)15(18)10-17(16)20-4/h8,10-11,13-14,19H,5-7,9H2,1-4H3. The number of ether oxygens (including phenoxy) is 1. The first-order valence-electron chi connectivity index (χ1n) is 7.62. The van der Waals surface area contributed by atoms with Gasteiger partial charge in [0.15, 0.2) is 0 Å². The third-order valence-corrected chi connectivity index (χ3v) is 4.91. The Balaban J connectivity index is 2.11. The molecule has 1 N–H and O–H groups in total. The van der Waals surface area contributed by atoms with Crippen LogP contribution in [-0.4, -0.2) is 13.2 Å². The fourth-order valence-corrected chi connectivity index (χ4v) is 3.28. The maximum absolute atomic E-state index is 6.16. The predicted molar refractivity (Wildman–Crippen MR) is 86.9 cm³/mol. The Bertz CT molecular complexity index is 459. The Morgan fingerprint density at radius 1 is 1.30 bits per heavy atom. The van der Waals surface area contributed by atoms with Gasteiger partial charge in [0.2, 0.25) is 0 Å². The van der Waals surface area contributed by atoms with Crippen LogP contribution in [0.4, 0.5) is 5.69 Å². The molecule has 2 nitrogen and oxygen atoms in total. The van der Waals surface area contributed by atoms with Gasteiger partial charge in [-0.25, -0.2) is 0 Å². The van der Waals surface area contributed by atoms with E-state index >= 15 is 0 Å². The molecule has 0 saturated heterocycles. The normalized spacial score (nSPS) is 22.9. The van der Waals surface area contributed by atoms with Gasteiger partial charge in [0.25, 0.3) is 0 Å². The average molecular weight is 296 g/mol. The van der Waals surface area contributed by atoms with E-state index in [9.17, 15) is 0 Å². The van der Waals surface area contributed by atoms with Gasteiger partial charge in [0.1, 0.15) is 5.75 Å². The molecule has 0 aliphatic heterocycles. The summed E-state index contributed by atoms with van der Waals surface area (Å²) in [6.45, 7) is 6.70. The number of halogens is 1. The summed E-state index contributed by atoms with van der Waals surface area (Å²) in [4.78, 5) is 0. The van der Waals surface area contributed by atoms with E-state index in [4.69, 9.17) is 16.3 Å². The highest BCUT2D eigenvalue weighted by molar-refractivity contribution is 6.31. The zero-order chi connectivity index (χ0) is 14.7. The van der Waals surface area contributed by atoms with Crippen molar-refractivity contribution in [1.82, 2.24) is 0 Å². The molecule has 3 heteroatoms. The first kappa shape index (κ1) is 15.5. The molecule has 0 aromatic heterocycles. The van der Waals surface area contributed by atoms with Crippen LogP contribution >= 0.6 is 11.6 Å². The van der Waals surface area contributed by atoms with E-state index in [0.717, 1.165) is 33.9 Å². The lowest BCUT2D eigenvalue weighted by molar-refractivity contribution is 0.264. The molecule has 112 valence electrons. The number of rotatable bonds is 4. The Morgan fingerprint density at radius 3 is 2.70 bits per heavy atom. The number of anilines is 1. The molecule has 1 fully saturated rings. The van der Waals surface area contributed by atoms with Crippen molar-refractivity contribution in [2.75, 3.05) is 12.4 Å². The van der Waals surface area contributed by atoms with E-state index in [1.165, 1.54) is 25.7 Å². The van der Waals surface area contributed by atoms with Gasteiger partial charge in [-0.2, -0.15) is 0 Å². The lowest BCUT2D eigenvalue weighted by atomic mass is 9.79. The van der Waals surface area contributed by atoms with Crippen molar-refractivity contribution < 1.29 is 4.74 Å². The molecule has 0 spiro atoms. The fourth-order valence-electron chi connectivity index (χ4n) is 3.13. The smallest absolute Gasteiger partial charge is 0.143 e. The Hall–Kier alpha value is -0.890. The molecular weight excluding hydrogens is 270 g/mol. The van der Waals surface area contributed by atoms with E-state index in [-0.39, 0.29) is 0 Å². The molecule has 0 heterocycles. The number of benzene rings is 1. The lowest BCUT2D eigenvalue weighted by Gasteiger charge is -2.33. The predicted octanol–water partition coefficient (Wildman–Crippen LogP) is 5.28. The molecule has 2 rings (SSSR count). The van der Waals surface area contributed by atoms with Gasteiger partial charge in [-0.15, -0.1) is 0 Å². The molecule has 0 radical (unpaired) electrons. The van der Waals surface area contributed by atoms with E-state index < -0.39 is 0 Å². The van der Waals surface area contributed by atoms with Crippen LogP contribution in [0.2, 0.25) is 5.02 Å². The maximum atomic E-state index is 6.16. The molecule has 0 amide bonds. The second kappa shape index (κ2) is 6.71. The quantitative estimate of drug-likeness (QED) is 0.815. The highest BCUT2D eigenvalue weighted by Gasteiger charge is 2.24. The summed E-state index contributed by atoms with van der Waals surface area (Å²) < 4.78 is 5.45. The van der Waals surface area contributed by atoms with Crippen LogP contribution in [0.1, 0.15) is 45.1 Å². The number of nitrogens with one attached hydrogen (secondary N) is 1. The van der Waals surface area contributed by atoms with E-state index in [2.05, 4.69) is 25.2 Å². The van der Waals surface area contributed by atoms with Crippen molar-refractivity contribution in [1.29, 1.82) is 0 Å². The van der Waals surface area contributed by atoms with Crippen molar-refractivity contribution >= 4 is 17.3 Å². The summed E-state index contributed by atoms with van der Waals surface area (Å²) in [5, 5.41) is 4.43. The zero-order valence-corrected chi connectivity index (χ0v) is 13.8. The number of hydrogen-bond acceptors (Lipinski definition) is 2. The maximum Gasteiger partial charge on any atom is 0.143 e. The molecule has 2 unspecified atom stereocenters. The summed E-state index contributed by atoms with van der Waals surface area (Å²) >= 11 is 6.16. The Morgan fingerprint density at radius 2 is 2.05 bits per heavy atom. The monoisotopic (exact) mass is 295 g/mol. The number of aryl methyl sites for hydroxylation is 1. The highest BCUT2D eigenvalue weighted by atomic mass is 35.5. The second-order valence-corrected chi connectivity index (χ2v) is 6.72. The summed E-state index contributed by atoms with van der Waals surface area (Å²) in [7, 11) is 1.70. The largest absolute Gasteiger partial charge is 0.495 e. The van der Waals surface area contributed by atoms with Crippen molar-refractivity contribution in [3.8, 4) is 5.75 Å². The minimum Gasteiger partial charge on any atom is -0.495 e. The minimum absolute atomic E-state index is 0.547. The van der Waals surface area contributed by atoms with Crippen LogP contribution in [0.25, 0.3) is 0 Å². The molecule has 0 bridgehead atoms. The Kier molecular flexibility index (Phi) is 5.20. The van der Waals surface area contributed by atoms with E-state index in [0.29, 0.717) is 6.04 Å². The second-order valence-electron chi connectivity index (χ2n) is 6.31. The molecule has 1 aliphatic carbocycles. The van der Waals surface area contributed by atoms with Crippen molar-refractivity contribution in [3.05, 3.63) is 22.7 Å². The molecule has 1 aromatic rings. The third kappa shape index (κ3) is 3.60. The molecular formula is C17H26ClNO. The van der Waals surface area contributed by atoms with Gasteiger partial charge in [0.05, 0.1) is 12.8 Å². The fraction of sp³-hybridized carbons (Fsp3) is 0.647. The van der Waals surface area contributed by atoms with E-state index in [1.54, 1.807) is 7.11 Å². The first-order chi connectivity index (χ1) is 9.51. The van der Waals surface area contributed by atoms with Crippen LogP contribution in [0.5, 0.6) is 5.75 Å². The highest BCUT2D eigenvalue weighted by Crippen LogP contribution is 2.35. The molecule has 20 heavy (non-hydrogen) atoms. The zero-order valence-electron chi connectivity index (χ0n) is 13.0. The summed E-state index contributed by atoms with van der Waals surface area (Å²) in [5.41, 5.74) is 2.16. The van der Waals surface area contributed by atoms with Gasteiger partial charge in [-0.05, 0) is 43.2 Å². The van der Waals surface area contributed by atoms with Gasteiger partial charge >= 0.3 is 0 Å². The SMILES string of the molecule is COc1cc(Cl)c(C)cc1NC1CCCC(C(C)C)C1.